The molecule has 2 amide bonds. The summed E-state index contributed by atoms with van der Waals surface area (Å²) in [5, 5.41) is 2.94. The van der Waals surface area contributed by atoms with E-state index in [0.717, 1.165) is 17.7 Å². The zero-order valence-electron chi connectivity index (χ0n) is 14.2. The fraction of sp³-hybridized carbons (Fsp3) is 0.556. The smallest absolute Gasteiger partial charge is 0.226 e. The van der Waals surface area contributed by atoms with Gasteiger partial charge in [-0.2, -0.15) is 0 Å². The first kappa shape index (κ1) is 17.3. The summed E-state index contributed by atoms with van der Waals surface area (Å²) in [6.45, 7) is 5.92. The second kappa shape index (κ2) is 7.99. The van der Waals surface area contributed by atoms with Crippen LogP contribution in [-0.4, -0.2) is 43.5 Å². The Morgan fingerprint density at radius 1 is 1.26 bits per heavy atom. The van der Waals surface area contributed by atoms with Gasteiger partial charge in [-0.25, -0.2) is 0 Å². The third kappa shape index (κ3) is 4.47. The monoisotopic (exact) mass is 318 g/mol. The molecule has 2 atom stereocenters. The Morgan fingerprint density at radius 3 is 2.65 bits per heavy atom. The van der Waals surface area contributed by atoms with Gasteiger partial charge in [-0.3, -0.25) is 9.59 Å². The van der Waals surface area contributed by atoms with Crippen molar-refractivity contribution in [3.8, 4) is 5.75 Å². The summed E-state index contributed by atoms with van der Waals surface area (Å²) in [5.41, 5.74) is 1.12. The molecule has 0 aliphatic heterocycles. The van der Waals surface area contributed by atoms with E-state index < -0.39 is 0 Å². The van der Waals surface area contributed by atoms with Crippen molar-refractivity contribution in [2.24, 2.45) is 11.8 Å². The quantitative estimate of drug-likeness (QED) is 0.796. The lowest BCUT2D eigenvalue weighted by molar-refractivity contribution is -0.134. The zero-order chi connectivity index (χ0) is 16.8. The van der Waals surface area contributed by atoms with Crippen LogP contribution in [0.1, 0.15) is 25.8 Å². The molecule has 0 aromatic heterocycles. The van der Waals surface area contributed by atoms with E-state index in [0.29, 0.717) is 26.1 Å². The van der Waals surface area contributed by atoms with Crippen molar-refractivity contribution in [2.75, 3.05) is 26.7 Å². The Bertz CT molecular complexity index is 555. The Hall–Kier alpha value is -2.04. The third-order valence-corrected chi connectivity index (χ3v) is 4.37. The number of nitrogens with zero attached hydrogens (tertiary/aromatic N) is 1. The summed E-state index contributed by atoms with van der Waals surface area (Å²) in [5.74, 6) is 0.669. The summed E-state index contributed by atoms with van der Waals surface area (Å²) in [6.07, 6.45) is 1.44. The van der Waals surface area contributed by atoms with Gasteiger partial charge in [0.15, 0.2) is 0 Å². The number of hydrogen-bond donors (Lipinski definition) is 1. The fourth-order valence-electron chi connectivity index (χ4n) is 2.82. The Kier molecular flexibility index (Phi) is 6.02. The van der Waals surface area contributed by atoms with Crippen molar-refractivity contribution in [2.45, 2.75) is 26.7 Å². The van der Waals surface area contributed by atoms with Crippen LogP contribution in [0, 0.1) is 11.8 Å². The number of ether oxygens (including phenoxy) is 1. The Balaban J connectivity index is 1.75. The molecule has 1 N–H and O–H groups in total. The van der Waals surface area contributed by atoms with Crippen molar-refractivity contribution < 1.29 is 14.3 Å². The van der Waals surface area contributed by atoms with E-state index in [1.807, 2.05) is 38.1 Å². The first-order valence-corrected chi connectivity index (χ1v) is 8.30. The van der Waals surface area contributed by atoms with Crippen LogP contribution in [0.2, 0.25) is 0 Å². The molecule has 23 heavy (non-hydrogen) atoms. The van der Waals surface area contributed by atoms with E-state index in [9.17, 15) is 9.59 Å². The maximum Gasteiger partial charge on any atom is 0.226 e. The summed E-state index contributed by atoms with van der Waals surface area (Å²) in [7, 11) is 1.64. The minimum absolute atomic E-state index is 0.00148. The SMILES string of the molecule is CCN(CC)C(=O)C1CC1C(=O)NCCc1cccc(OC)c1. The number of hydrogen-bond acceptors (Lipinski definition) is 3. The van der Waals surface area contributed by atoms with E-state index in [2.05, 4.69) is 5.32 Å². The molecule has 1 aromatic carbocycles. The third-order valence-electron chi connectivity index (χ3n) is 4.37. The normalized spacial score (nSPS) is 19.1. The highest BCUT2D eigenvalue weighted by atomic mass is 16.5. The lowest BCUT2D eigenvalue weighted by Crippen LogP contribution is -2.34. The fourth-order valence-corrected chi connectivity index (χ4v) is 2.82. The Labute approximate surface area is 138 Å². The van der Waals surface area contributed by atoms with Crippen LogP contribution in [0.4, 0.5) is 0 Å². The topological polar surface area (TPSA) is 58.6 Å². The average Bonchev–Trinajstić information content (AvgIpc) is 3.36. The number of amides is 2. The summed E-state index contributed by atoms with van der Waals surface area (Å²) in [6, 6.07) is 7.82. The second-order valence-corrected chi connectivity index (χ2v) is 5.85. The maximum atomic E-state index is 12.2. The van der Waals surface area contributed by atoms with Crippen LogP contribution in [0.5, 0.6) is 5.75 Å². The molecule has 1 aliphatic rings. The van der Waals surface area contributed by atoms with E-state index in [4.69, 9.17) is 4.74 Å². The molecular weight excluding hydrogens is 292 g/mol. The second-order valence-electron chi connectivity index (χ2n) is 5.85. The van der Waals surface area contributed by atoms with Crippen molar-refractivity contribution >= 4 is 11.8 Å². The van der Waals surface area contributed by atoms with Crippen LogP contribution in [0.15, 0.2) is 24.3 Å². The van der Waals surface area contributed by atoms with Crippen molar-refractivity contribution in [3.63, 3.8) is 0 Å². The molecule has 0 radical (unpaired) electrons. The molecule has 2 rings (SSSR count). The first-order valence-electron chi connectivity index (χ1n) is 8.30. The standard InChI is InChI=1S/C18H26N2O3/c1-4-20(5-2)18(22)16-12-15(16)17(21)19-10-9-13-7-6-8-14(11-13)23-3/h6-8,11,15-16H,4-5,9-10,12H2,1-3H3,(H,19,21). The number of benzene rings is 1. The highest BCUT2D eigenvalue weighted by Gasteiger charge is 2.48. The molecule has 1 fully saturated rings. The molecule has 1 aromatic rings. The van der Waals surface area contributed by atoms with Crippen molar-refractivity contribution in [1.82, 2.24) is 10.2 Å². The predicted octanol–water partition coefficient (Wildman–Crippen LogP) is 1.86. The van der Waals surface area contributed by atoms with Gasteiger partial charge >= 0.3 is 0 Å². The molecule has 2 unspecified atom stereocenters. The largest absolute Gasteiger partial charge is 0.497 e. The number of nitrogens with one attached hydrogen (secondary N) is 1. The molecule has 1 aliphatic carbocycles. The summed E-state index contributed by atoms with van der Waals surface area (Å²) >= 11 is 0. The number of rotatable bonds is 8. The summed E-state index contributed by atoms with van der Waals surface area (Å²) < 4.78 is 5.19. The Morgan fingerprint density at radius 2 is 2.00 bits per heavy atom. The zero-order valence-corrected chi connectivity index (χ0v) is 14.2. The van der Waals surface area contributed by atoms with E-state index >= 15 is 0 Å². The van der Waals surface area contributed by atoms with Gasteiger partial charge in [0.1, 0.15) is 5.75 Å². The van der Waals surface area contributed by atoms with Gasteiger partial charge in [0.2, 0.25) is 11.8 Å². The van der Waals surface area contributed by atoms with E-state index in [1.165, 1.54) is 0 Å². The van der Waals surface area contributed by atoms with Crippen molar-refractivity contribution in [1.29, 1.82) is 0 Å². The van der Waals surface area contributed by atoms with Crippen LogP contribution in [-0.2, 0) is 16.0 Å². The molecule has 0 saturated heterocycles. The van der Waals surface area contributed by atoms with Gasteiger partial charge in [0.05, 0.1) is 18.9 Å². The predicted molar refractivity (Wildman–Crippen MR) is 89.2 cm³/mol. The summed E-state index contributed by atoms with van der Waals surface area (Å²) in [4.78, 5) is 26.1. The first-order chi connectivity index (χ1) is 11.1. The van der Waals surface area contributed by atoms with Crippen LogP contribution >= 0.6 is 0 Å². The van der Waals surface area contributed by atoms with Gasteiger partial charge in [0, 0.05) is 19.6 Å². The highest BCUT2D eigenvalue weighted by molar-refractivity contribution is 5.92. The van der Waals surface area contributed by atoms with Crippen LogP contribution < -0.4 is 10.1 Å². The minimum Gasteiger partial charge on any atom is -0.497 e. The molecule has 5 heteroatoms. The lowest BCUT2D eigenvalue weighted by Gasteiger charge is -2.18. The number of carbonyl (C=O) groups is 2. The van der Waals surface area contributed by atoms with Gasteiger partial charge < -0.3 is 15.0 Å². The molecule has 5 nitrogen and oxygen atoms in total. The van der Waals surface area contributed by atoms with Crippen LogP contribution in [0.25, 0.3) is 0 Å². The average molecular weight is 318 g/mol. The minimum atomic E-state index is -0.145. The number of carbonyl (C=O) groups excluding carboxylic acids is 2. The molecular formula is C18H26N2O3. The molecule has 0 spiro atoms. The van der Waals surface area contributed by atoms with Gasteiger partial charge in [0.25, 0.3) is 0 Å². The van der Waals surface area contributed by atoms with Gasteiger partial charge in [-0.1, -0.05) is 12.1 Å². The van der Waals surface area contributed by atoms with Gasteiger partial charge in [-0.05, 0) is 44.4 Å². The highest BCUT2D eigenvalue weighted by Crippen LogP contribution is 2.40. The van der Waals surface area contributed by atoms with E-state index in [-0.39, 0.29) is 23.7 Å². The molecule has 1 saturated carbocycles. The maximum absolute atomic E-state index is 12.2. The molecule has 0 heterocycles. The molecule has 126 valence electrons. The van der Waals surface area contributed by atoms with E-state index in [1.54, 1.807) is 12.0 Å². The van der Waals surface area contributed by atoms with Crippen LogP contribution in [0.3, 0.4) is 0 Å². The van der Waals surface area contributed by atoms with Crippen molar-refractivity contribution in [3.05, 3.63) is 29.8 Å². The molecule has 0 bridgehead atoms. The van der Waals surface area contributed by atoms with Gasteiger partial charge in [-0.15, -0.1) is 0 Å². The lowest BCUT2D eigenvalue weighted by atomic mass is 10.1. The number of methoxy groups -OCH3 is 1.